The van der Waals surface area contributed by atoms with E-state index >= 15 is 0 Å². The molecule has 0 aromatic heterocycles. The van der Waals surface area contributed by atoms with Crippen LogP contribution in [-0.4, -0.2) is 12.6 Å². The molecule has 0 bridgehead atoms. The van der Waals surface area contributed by atoms with Crippen molar-refractivity contribution in [2.75, 3.05) is 6.54 Å². The highest BCUT2D eigenvalue weighted by Gasteiger charge is 2.25. The molecule has 1 aliphatic heterocycles. The molecule has 1 heterocycles. The molecule has 88 valence electrons. The Balaban J connectivity index is 2.05. The minimum Gasteiger partial charge on any atom is -0.313 e. The highest BCUT2D eigenvalue weighted by Crippen LogP contribution is 2.26. The minimum atomic E-state index is 0.599. The lowest BCUT2D eigenvalue weighted by Crippen LogP contribution is -2.29. The lowest BCUT2D eigenvalue weighted by atomic mass is 9.93. The zero-order valence-corrected chi connectivity index (χ0v) is 11.0. The van der Waals surface area contributed by atoms with Gasteiger partial charge in [0.1, 0.15) is 0 Å². The lowest BCUT2D eigenvalue weighted by Gasteiger charge is -2.18. The quantitative estimate of drug-likeness (QED) is 0.866. The van der Waals surface area contributed by atoms with Crippen LogP contribution in [0.15, 0.2) is 18.2 Å². The van der Waals surface area contributed by atoms with E-state index in [-0.39, 0.29) is 0 Å². The van der Waals surface area contributed by atoms with Gasteiger partial charge >= 0.3 is 0 Å². The zero-order chi connectivity index (χ0) is 11.5. The van der Waals surface area contributed by atoms with Crippen molar-refractivity contribution in [2.45, 2.75) is 32.2 Å². The van der Waals surface area contributed by atoms with E-state index in [4.69, 9.17) is 23.2 Å². The number of benzene rings is 1. The first-order valence-electron chi connectivity index (χ1n) is 5.88. The number of halogens is 2. The van der Waals surface area contributed by atoms with Crippen molar-refractivity contribution >= 4 is 23.2 Å². The van der Waals surface area contributed by atoms with Gasteiger partial charge in [-0.2, -0.15) is 0 Å². The van der Waals surface area contributed by atoms with Crippen LogP contribution in [0.1, 0.15) is 25.3 Å². The monoisotopic (exact) mass is 257 g/mol. The third-order valence-corrected chi connectivity index (χ3v) is 4.19. The molecule has 3 heteroatoms. The molecular weight excluding hydrogens is 241 g/mol. The van der Waals surface area contributed by atoms with Gasteiger partial charge in [-0.3, -0.25) is 0 Å². The van der Waals surface area contributed by atoms with E-state index in [2.05, 4.69) is 18.3 Å². The topological polar surface area (TPSA) is 12.0 Å². The van der Waals surface area contributed by atoms with Gasteiger partial charge in [-0.05, 0) is 43.0 Å². The summed E-state index contributed by atoms with van der Waals surface area (Å²) in [6, 6.07) is 6.54. The molecule has 1 nitrogen and oxygen atoms in total. The fraction of sp³-hybridized carbons (Fsp3) is 0.538. The van der Waals surface area contributed by atoms with Crippen LogP contribution in [0.4, 0.5) is 0 Å². The third kappa shape index (κ3) is 2.71. The molecule has 2 rings (SSSR count). The van der Waals surface area contributed by atoms with E-state index in [0.29, 0.717) is 16.1 Å². The van der Waals surface area contributed by atoms with E-state index in [0.717, 1.165) is 18.9 Å². The molecule has 2 atom stereocenters. The largest absolute Gasteiger partial charge is 0.313 e. The second-order valence-electron chi connectivity index (χ2n) is 4.47. The highest BCUT2D eigenvalue weighted by atomic mass is 35.5. The Hall–Kier alpha value is -0.240. The van der Waals surface area contributed by atoms with Gasteiger partial charge in [-0.25, -0.2) is 0 Å². The van der Waals surface area contributed by atoms with E-state index in [1.165, 1.54) is 18.4 Å². The van der Waals surface area contributed by atoms with Crippen molar-refractivity contribution < 1.29 is 0 Å². The van der Waals surface area contributed by atoms with Crippen molar-refractivity contribution in [3.63, 3.8) is 0 Å². The predicted octanol–water partition coefficient (Wildman–Crippen LogP) is 3.92. The Kier molecular flexibility index (Phi) is 4.12. The maximum absolute atomic E-state index is 6.02. The first-order chi connectivity index (χ1) is 7.70. The molecule has 0 saturated carbocycles. The number of hydrogen-bond acceptors (Lipinski definition) is 1. The number of nitrogens with one attached hydrogen (secondary N) is 1. The SMILES string of the molecule is CCC1CCNC1Cc1ccc(Cl)c(Cl)c1. The van der Waals surface area contributed by atoms with E-state index in [1.54, 1.807) is 0 Å². The average molecular weight is 258 g/mol. The van der Waals surface area contributed by atoms with Crippen molar-refractivity contribution in [2.24, 2.45) is 5.92 Å². The van der Waals surface area contributed by atoms with E-state index < -0.39 is 0 Å². The highest BCUT2D eigenvalue weighted by molar-refractivity contribution is 6.42. The Bertz CT molecular complexity index is 365. The summed E-state index contributed by atoms with van der Waals surface area (Å²) in [4.78, 5) is 0. The van der Waals surface area contributed by atoms with E-state index in [1.807, 2.05) is 12.1 Å². The Labute approximate surface area is 107 Å². The fourth-order valence-corrected chi connectivity index (χ4v) is 2.79. The van der Waals surface area contributed by atoms with Crippen LogP contribution in [0.5, 0.6) is 0 Å². The molecular formula is C13H17Cl2N. The molecule has 1 N–H and O–H groups in total. The van der Waals surface area contributed by atoms with Gasteiger partial charge in [0.15, 0.2) is 0 Å². The van der Waals surface area contributed by atoms with Gasteiger partial charge in [0.2, 0.25) is 0 Å². The Morgan fingerprint density at radius 3 is 2.81 bits per heavy atom. The zero-order valence-electron chi connectivity index (χ0n) is 9.47. The molecule has 2 unspecified atom stereocenters. The van der Waals surface area contributed by atoms with Crippen LogP contribution in [0.2, 0.25) is 10.0 Å². The Morgan fingerprint density at radius 2 is 2.12 bits per heavy atom. The van der Waals surface area contributed by atoms with Gasteiger partial charge in [-0.1, -0.05) is 42.6 Å². The van der Waals surface area contributed by atoms with Gasteiger partial charge in [0.05, 0.1) is 10.0 Å². The second kappa shape index (κ2) is 5.39. The van der Waals surface area contributed by atoms with Gasteiger partial charge in [-0.15, -0.1) is 0 Å². The molecule has 0 amide bonds. The maximum atomic E-state index is 6.02. The van der Waals surface area contributed by atoms with Crippen LogP contribution in [0.3, 0.4) is 0 Å². The molecule has 1 saturated heterocycles. The van der Waals surface area contributed by atoms with Crippen LogP contribution < -0.4 is 5.32 Å². The summed E-state index contributed by atoms with van der Waals surface area (Å²) in [7, 11) is 0. The summed E-state index contributed by atoms with van der Waals surface area (Å²) in [6.45, 7) is 3.41. The first-order valence-corrected chi connectivity index (χ1v) is 6.63. The van der Waals surface area contributed by atoms with Crippen LogP contribution in [-0.2, 0) is 6.42 Å². The Morgan fingerprint density at radius 1 is 1.31 bits per heavy atom. The normalized spacial score (nSPS) is 24.9. The van der Waals surface area contributed by atoms with Crippen molar-refractivity contribution in [1.82, 2.24) is 5.32 Å². The lowest BCUT2D eigenvalue weighted by molar-refractivity contribution is 0.433. The van der Waals surface area contributed by atoms with Crippen molar-refractivity contribution in [3.8, 4) is 0 Å². The summed E-state index contributed by atoms with van der Waals surface area (Å²) < 4.78 is 0. The number of hydrogen-bond donors (Lipinski definition) is 1. The van der Waals surface area contributed by atoms with E-state index in [9.17, 15) is 0 Å². The summed E-state index contributed by atoms with van der Waals surface area (Å²) in [5.41, 5.74) is 1.27. The molecule has 0 spiro atoms. The summed E-state index contributed by atoms with van der Waals surface area (Å²) in [5, 5.41) is 4.86. The maximum Gasteiger partial charge on any atom is 0.0595 e. The summed E-state index contributed by atoms with van der Waals surface area (Å²) in [5.74, 6) is 0.800. The second-order valence-corrected chi connectivity index (χ2v) is 5.28. The fourth-order valence-electron chi connectivity index (χ4n) is 2.47. The molecule has 0 aliphatic carbocycles. The standard InChI is InChI=1S/C13H17Cl2N/c1-2-10-5-6-16-13(10)8-9-3-4-11(14)12(15)7-9/h3-4,7,10,13,16H,2,5-6,8H2,1H3. The molecule has 1 aromatic rings. The molecule has 16 heavy (non-hydrogen) atoms. The smallest absolute Gasteiger partial charge is 0.0595 e. The molecule has 0 radical (unpaired) electrons. The minimum absolute atomic E-state index is 0.599. The van der Waals surface area contributed by atoms with Crippen molar-refractivity contribution in [3.05, 3.63) is 33.8 Å². The summed E-state index contributed by atoms with van der Waals surface area (Å²) in [6.07, 6.45) is 3.59. The molecule has 1 aromatic carbocycles. The van der Waals surface area contributed by atoms with Crippen LogP contribution >= 0.6 is 23.2 Å². The summed E-state index contributed by atoms with van der Waals surface area (Å²) >= 11 is 11.9. The van der Waals surface area contributed by atoms with Gasteiger partial charge in [0, 0.05) is 6.04 Å². The molecule has 1 aliphatic rings. The van der Waals surface area contributed by atoms with Crippen LogP contribution in [0, 0.1) is 5.92 Å². The van der Waals surface area contributed by atoms with Gasteiger partial charge in [0.25, 0.3) is 0 Å². The van der Waals surface area contributed by atoms with Crippen LogP contribution in [0.25, 0.3) is 0 Å². The number of rotatable bonds is 3. The first kappa shape index (κ1) is 12.2. The predicted molar refractivity (Wildman–Crippen MR) is 70.4 cm³/mol. The third-order valence-electron chi connectivity index (χ3n) is 3.45. The van der Waals surface area contributed by atoms with Crippen molar-refractivity contribution in [1.29, 1.82) is 0 Å². The average Bonchev–Trinajstić information content (AvgIpc) is 2.71. The molecule has 1 fully saturated rings. The van der Waals surface area contributed by atoms with Gasteiger partial charge < -0.3 is 5.32 Å².